The first-order valence-electron chi connectivity index (χ1n) is 8.41. The van der Waals surface area contributed by atoms with E-state index in [1.165, 1.54) is 4.57 Å². The minimum atomic E-state index is -0.170. The van der Waals surface area contributed by atoms with E-state index in [1.54, 1.807) is 9.36 Å². The van der Waals surface area contributed by atoms with Crippen LogP contribution < -0.4 is 11.4 Å². The molecule has 5 nitrogen and oxygen atoms in total. The highest BCUT2D eigenvalue weighted by molar-refractivity contribution is 5.46. The molecule has 0 amide bonds. The molecule has 0 bridgehead atoms. The molecule has 3 fully saturated rings. The van der Waals surface area contributed by atoms with Gasteiger partial charge in [-0.3, -0.25) is 0 Å². The van der Waals surface area contributed by atoms with Crippen molar-refractivity contribution in [3.8, 4) is 5.69 Å². The van der Waals surface area contributed by atoms with Gasteiger partial charge in [0.2, 0.25) is 0 Å². The van der Waals surface area contributed by atoms with Gasteiger partial charge in [-0.25, -0.2) is 23.5 Å². The summed E-state index contributed by atoms with van der Waals surface area (Å²) >= 11 is 0. The van der Waals surface area contributed by atoms with E-state index < -0.39 is 0 Å². The summed E-state index contributed by atoms with van der Waals surface area (Å²) in [4.78, 5) is 26.1. The van der Waals surface area contributed by atoms with Gasteiger partial charge in [-0.05, 0) is 29.4 Å². The predicted octanol–water partition coefficient (Wildman–Crippen LogP) is 1.96. The van der Waals surface area contributed by atoms with Crippen LogP contribution in [0.3, 0.4) is 0 Å². The van der Waals surface area contributed by atoms with E-state index in [4.69, 9.17) is 0 Å². The first-order chi connectivity index (χ1) is 10.9. The zero-order chi connectivity index (χ0) is 15.9. The molecule has 6 rings (SSSR count). The summed E-state index contributed by atoms with van der Waals surface area (Å²) in [5, 5.41) is 0. The van der Waals surface area contributed by atoms with Gasteiger partial charge >= 0.3 is 11.4 Å². The van der Waals surface area contributed by atoms with Crippen LogP contribution >= 0.6 is 0 Å². The molecule has 1 aromatic carbocycles. The lowest BCUT2D eigenvalue weighted by Crippen LogP contribution is -2.47. The zero-order valence-corrected chi connectivity index (χ0v) is 13.5. The molecule has 1 aliphatic heterocycles. The highest BCUT2D eigenvalue weighted by Gasteiger charge is 2.99. The molecule has 4 aliphatic rings. The number of fused-ring (bicyclic) bond motifs is 5. The van der Waals surface area contributed by atoms with Gasteiger partial charge in [-0.15, -0.1) is 0 Å². The van der Waals surface area contributed by atoms with Crippen molar-refractivity contribution in [3.05, 3.63) is 51.3 Å². The van der Waals surface area contributed by atoms with Gasteiger partial charge in [0, 0.05) is 11.3 Å². The molecule has 1 aromatic heterocycles. The standard InChI is InChI=1S/C18H19N3O2/c1-16-9-11-12-13(18(16,3)17(12,16)2)21-15(23)19(14(22)20(11)21)10-7-5-4-6-8-10/h4-8,11-13H,9H2,1-3H3. The number of aromatic nitrogens is 3. The Balaban J connectivity index is 1.65. The fourth-order valence-corrected chi connectivity index (χ4v) is 7.24. The van der Waals surface area contributed by atoms with Crippen LogP contribution in [-0.2, 0) is 0 Å². The van der Waals surface area contributed by atoms with Crippen LogP contribution in [0.4, 0.5) is 0 Å². The smallest absolute Gasteiger partial charge is 0.245 e. The highest BCUT2D eigenvalue weighted by atomic mass is 16.2. The van der Waals surface area contributed by atoms with E-state index in [1.807, 2.05) is 30.3 Å². The number of hydrogen-bond donors (Lipinski definition) is 0. The summed E-state index contributed by atoms with van der Waals surface area (Å²) in [7, 11) is 0. The third-order valence-electron chi connectivity index (χ3n) is 8.54. The number of para-hydroxylation sites is 1. The molecule has 6 unspecified atom stereocenters. The highest BCUT2D eigenvalue weighted by Crippen LogP contribution is 3.02. The largest absolute Gasteiger partial charge is 0.352 e. The van der Waals surface area contributed by atoms with Crippen LogP contribution in [0.15, 0.2) is 39.9 Å². The second kappa shape index (κ2) is 2.99. The molecular formula is C18H19N3O2. The van der Waals surface area contributed by atoms with Gasteiger partial charge in [0.25, 0.3) is 0 Å². The van der Waals surface area contributed by atoms with E-state index in [9.17, 15) is 9.59 Å². The van der Waals surface area contributed by atoms with E-state index >= 15 is 0 Å². The van der Waals surface area contributed by atoms with Crippen molar-refractivity contribution >= 4 is 0 Å². The third kappa shape index (κ3) is 0.832. The quantitative estimate of drug-likeness (QED) is 0.808. The summed E-state index contributed by atoms with van der Waals surface area (Å²) in [6, 6.07) is 9.66. The van der Waals surface area contributed by atoms with Gasteiger partial charge in [0.1, 0.15) is 0 Å². The van der Waals surface area contributed by atoms with Crippen LogP contribution in [0.2, 0.25) is 0 Å². The lowest BCUT2D eigenvalue weighted by Gasteiger charge is -2.45. The zero-order valence-electron chi connectivity index (χ0n) is 13.5. The van der Waals surface area contributed by atoms with Crippen molar-refractivity contribution in [1.29, 1.82) is 0 Å². The first kappa shape index (κ1) is 12.4. The van der Waals surface area contributed by atoms with Crippen LogP contribution in [0, 0.1) is 22.2 Å². The number of rotatable bonds is 1. The first-order valence-corrected chi connectivity index (χ1v) is 8.41. The summed E-state index contributed by atoms with van der Waals surface area (Å²) in [6.07, 6.45) is 1.03. The minimum Gasteiger partial charge on any atom is -0.245 e. The van der Waals surface area contributed by atoms with Crippen molar-refractivity contribution < 1.29 is 0 Å². The normalized spacial score (nSPS) is 47.2. The van der Waals surface area contributed by atoms with Crippen molar-refractivity contribution in [2.24, 2.45) is 22.2 Å². The fraction of sp³-hybridized carbons (Fsp3) is 0.556. The van der Waals surface area contributed by atoms with E-state index in [0.717, 1.165) is 6.42 Å². The van der Waals surface area contributed by atoms with Crippen molar-refractivity contribution in [2.75, 3.05) is 0 Å². The Morgan fingerprint density at radius 1 is 0.957 bits per heavy atom. The molecule has 0 saturated heterocycles. The Hall–Kier alpha value is -2.04. The van der Waals surface area contributed by atoms with Crippen LogP contribution in [0.1, 0.15) is 39.3 Å². The molecule has 118 valence electrons. The molecular weight excluding hydrogens is 290 g/mol. The lowest BCUT2D eigenvalue weighted by molar-refractivity contribution is 0.0140. The average molecular weight is 309 g/mol. The Morgan fingerprint density at radius 2 is 1.61 bits per heavy atom. The fourth-order valence-electron chi connectivity index (χ4n) is 7.24. The Kier molecular flexibility index (Phi) is 1.61. The maximum absolute atomic E-state index is 13.1. The molecule has 3 saturated carbocycles. The van der Waals surface area contributed by atoms with Gasteiger partial charge in [0.15, 0.2) is 0 Å². The van der Waals surface area contributed by atoms with E-state index in [2.05, 4.69) is 20.8 Å². The Morgan fingerprint density at radius 3 is 2.26 bits per heavy atom. The van der Waals surface area contributed by atoms with Crippen molar-refractivity contribution in [1.82, 2.24) is 13.9 Å². The predicted molar refractivity (Wildman–Crippen MR) is 84.8 cm³/mol. The van der Waals surface area contributed by atoms with Gasteiger partial charge in [0.05, 0.1) is 17.8 Å². The number of benzene rings is 1. The maximum atomic E-state index is 13.1. The SMILES string of the molecule is CC12CC3C4C(n5c(=O)n(-c6ccccc6)c(=O)n53)C1(C)C42C. The minimum absolute atomic E-state index is 0.165. The lowest BCUT2D eigenvalue weighted by atomic mass is 9.60. The summed E-state index contributed by atoms with van der Waals surface area (Å²) in [6.45, 7) is 7.03. The van der Waals surface area contributed by atoms with Crippen molar-refractivity contribution in [3.63, 3.8) is 0 Å². The topological polar surface area (TPSA) is 48.9 Å². The summed E-state index contributed by atoms with van der Waals surface area (Å²) in [5.74, 6) is 0.461. The molecule has 0 radical (unpaired) electrons. The monoisotopic (exact) mass is 309 g/mol. The van der Waals surface area contributed by atoms with E-state index in [-0.39, 0.29) is 34.3 Å². The summed E-state index contributed by atoms with van der Waals surface area (Å²) in [5.41, 5.74) is 1.08. The van der Waals surface area contributed by atoms with Gasteiger partial charge < -0.3 is 0 Å². The average Bonchev–Trinajstić information content (AvgIpc) is 2.89. The van der Waals surface area contributed by atoms with Crippen LogP contribution in [-0.4, -0.2) is 13.9 Å². The molecule has 6 atom stereocenters. The molecule has 3 aliphatic carbocycles. The molecule has 0 spiro atoms. The molecule has 2 heterocycles. The Bertz CT molecular complexity index is 1010. The molecule has 23 heavy (non-hydrogen) atoms. The summed E-state index contributed by atoms with van der Waals surface area (Å²) < 4.78 is 4.92. The number of nitrogens with zero attached hydrogens (tertiary/aromatic N) is 3. The number of hydrogen-bond acceptors (Lipinski definition) is 2. The van der Waals surface area contributed by atoms with E-state index in [0.29, 0.717) is 17.0 Å². The molecule has 0 N–H and O–H groups in total. The Labute approximate surface area is 133 Å². The van der Waals surface area contributed by atoms with Crippen molar-refractivity contribution in [2.45, 2.75) is 39.3 Å². The van der Waals surface area contributed by atoms with Crippen LogP contribution in [0.25, 0.3) is 5.69 Å². The second-order valence-electron chi connectivity index (χ2n) is 8.40. The van der Waals surface area contributed by atoms with Gasteiger partial charge in [-0.1, -0.05) is 39.0 Å². The third-order valence-corrected chi connectivity index (χ3v) is 8.54. The van der Waals surface area contributed by atoms with Crippen LogP contribution in [0.5, 0.6) is 0 Å². The second-order valence-corrected chi connectivity index (χ2v) is 8.40. The molecule has 2 aromatic rings. The van der Waals surface area contributed by atoms with Gasteiger partial charge in [-0.2, -0.15) is 0 Å². The maximum Gasteiger partial charge on any atom is 0.352 e. The molecule has 5 heteroatoms.